The van der Waals surface area contributed by atoms with Gasteiger partial charge in [-0.25, -0.2) is 16.8 Å². The Morgan fingerprint density at radius 2 is 0.534 bits per heavy atom. The van der Waals surface area contributed by atoms with Gasteiger partial charge in [0.25, 0.3) is 0 Å². The molecule has 0 unspecified atom stereocenters. The number of hydrogen-bond donors (Lipinski definition) is 0. The van der Waals surface area contributed by atoms with Crippen LogP contribution in [-0.2, 0) is 43.8 Å². The summed E-state index contributed by atoms with van der Waals surface area (Å²) in [4.78, 5) is 5.01. The maximum atomic E-state index is 10.7. The topological polar surface area (TPSA) is 151 Å². The molecule has 0 aromatic heterocycles. The van der Waals surface area contributed by atoms with E-state index in [1.54, 1.807) is 0 Å². The van der Waals surface area contributed by atoms with Crippen LogP contribution in [0.2, 0.25) is 0 Å². The number of ether oxygens (including phenoxy) is 4. The van der Waals surface area contributed by atoms with Crippen molar-refractivity contribution in [2.45, 2.75) is 110 Å². The summed E-state index contributed by atoms with van der Waals surface area (Å²) in [7, 11) is -12.2. The molecule has 0 saturated carbocycles. The quantitative estimate of drug-likeness (QED) is 0.0443. The summed E-state index contributed by atoms with van der Waals surface area (Å²) in [5.41, 5.74) is -11.3. The van der Waals surface area contributed by atoms with Crippen LogP contribution in [0.3, 0.4) is 0 Å². The molecule has 324 valence electrons. The SMILES string of the molecule is CC(C)Oc1ccc([SH+]c2ccc(OC(C)C)cc2)cc1.CC(C)Oc1ccc([SH+]c2ccc(OC(C)C)cc2)cc1.O=S(=O)([O-])C(F)(F)F.O=S(=O)([O-])C(F)(F)F. The van der Waals surface area contributed by atoms with Crippen LogP contribution in [0, 0.1) is 0 Å². The first-order valence-electron chi connectivity index (χ1n) is 17.1. The van der Waals surface area contributed by atoms with E-state index in [4.69, 9.17) is 44.9 Å². The van der Waals surface area contributed by atoms with E-state index in [9.17, 15) is 26.3 Å². The molecule has 20 heteroatoms. The van der Waals surface area contributed by atoms with Crippen LogP contribution in [0.5, 0.6) is 23.0 Å². The van der Waals surface area contributed by atoms with Crippen LogP contribution in [-0.4, -0.2) is 61.4 Å². The molecule has 0 fully saturated rings. The van der Waals surface area contributed by atoms with E-state index in [1.165, 1.54) is 43.1 Å². The minimum atomic E-state index is -6.09. The molecule has 4 rings (SSSR count). The predicted molar refractivity (Wildman–Crippen MR) is 211 cm³/mol. The Bertz CT molecular complexity index is 1740. The maximum Gasteiger partial charge on any atom is 0.485 e. The van der Waals surface area contributed by atoms with Crippen molar-refractivity contribution in [3.05, 3.63) is 97.1 Å². The zero-order valence-electron chi connectivity index (χ0n) is 32.6. The molecule has 0 amide bonds. The molecule has 0 aliphatic rings. The van der Waals surface area contributed by atoms with Crippen molar-refractivity contribution in [3.63, 3.8) is 0 Å². The Morgan fingerprint density at radius 1 is 0.397 bits per heavy atom. The summed E-state index contributed by atoms with van der Waals surface area (Å²) >= 11 is 2.38. The van der Waals surface area contributed by atoms with E-state index in [0.29, 0.717) is 0 Å². The van der Waals surface area contributed by atoms with Gasteiger partial charge in [0.1, 0.15) is 23.0 Å². The number of rotatable bonds is 12. The van der Waals surface area contributed by atoms with E-state index in [0.717, 1.165) is 23.0 Å². The van der Waals surface area contributed by atoms with Gasteiger partial charge >= 0.3 is 11.0 Å². The molecule has 4 aromatic carbocycles. The van der Waals surface area contributed by atoms with Crippen molar-refractivity contribution < 1.29 is 71.2 Å². The molecule has 0 aliphatic heterocycles. The lowest BCUT2D eigenvalue weighted by Crippen LogP contribution is -2.21. The van der Waals surface area contributed by atoms with Gasteiger partial charge in [-0.05, 0) is 152 Å². The summed E-state index contributed by atoms with van der Waals surface area (Å²) in [6.45, 7) is 16.3. The van der Waals surface area contributed by atoms with Crippen LogP contribution in [0.4, 0.5) is 26.3 Å². The number of halogens is 6. The fourth-order valence-electron chi connectivity index (χ4n) is 3.78. The zero-order chi connectivity index (χ0) is 44.5. The highest BCUT2D eigenvalue weighted by Crippen LogP contribution is 2.23. The van der Waals surface area contributed by atoms with Gasteiger partial charge in [0.05, 0.1) is 24.4 Å². The van der Waals surface area contributed by atoms with E-state index >= 15 is 0 Å². The first kappa shape index (κ1) is 52.2. The van der Waals surface area contributed by atoms with Crippen LogP contribution in [0.1, 0.15) is 55.4 Å². The average molecular weight is 905 g/mol. The van der Waals surface area contributed by atoms with Crippen LogP contribution >= 0.6 is 0 Å². The number of thiol groups is 2. The van der Waals surface area contributed by atoms with Crippen LogP contribution < -0.4 is 18.9 Å². The highest BCUT2D eigenvalue weighted by molar-refractivity contribution is 7.86. The Hall–Kier alpha value is -3.82. The molecule has 0 atom stereocenters. The van der Waals surface area contributed by atoms with Gasteiger partial charge in [-0.1, -0.05) is 0 Å². The maximum absolute atomic E-state index is 10.7. The van der Waals surface area contributed by atoms with Gasteiger partial charge in [-0.15, -0.1) is 0 Å². The third-order valence-electron chi connectivity index (χ3n) is 5.92. The predicted octanol–water partition coefficient (Wildman–Crippen LogP) is 9.09. The fraction of sp³-hybridized carbons (Fsp3) is 0.368. The van der Waals surface area contributed by atoms with Gasteiger partial charge in [-0.3, -0.25) is 0 Å². The van der Waals surface area contributed by atoms with E-state index in [2.05, 4.69) is 48.5 Å². The van der Waals surface area contributed by atoms with E-state index in [-0.39, 0.29) is 24.4 Å². The molecular formula is C38H46F6O10S4. The summed E-state index contributed by atoms with van der Waals surface area (Å²) in [5, 5.41) is 0. The fourth-order valence-corrected chi connectivity index (χ4v) is 5.57. The van der Waals surface area contributed by atoms with Crippen molar-refractivity contribution in [2.75, 3.05) is 0 Å². The molecule has 0 saturated heterocycles. The largest absolute Gasteiger partial charge is 0.741 e. The summed E-state index contributed by atoms with van der Waals surface area (Å²) in [5.74, 6) is 3.68. The highest BCUT2D eigenvalue weighted by atomic mass is 32.2. The van der Waals surface area contributed by atoms with Gasteiger partial charge in [0.2, 0.25) is 0 Å². The summed E-state index contributed by atoms with van der Waals surface area (Å²) in [6.07, 6.45) is 0.840. The van der Waals surface area contributed by atoms with Gasteiger partial charge in [0.15, 0.2) is 39.8 Å². The Labute approximate surface area is 344 Å². The Morgan fingerprint density at radius 3 is 0.638 bits per heavy atom. The number of alkyl halides is 6. The van der Waals surface area contributed by atoms with Crippen molar-refractivity contribution in [3.8, 4) is 23.0 Å². The minimum Gasteiger partial charge on any atom is -0.741 e. The second-order valence-electron chi connectivity index (χ2n) is 12.7. The first-order chi connectivity index (χ1) is 26.5. The Balaban J connectivity index is 0.000000426. The van der Waals surface area contributed by atoms with Crippen molar-refractivity contribution >= 4 is 43.8 Å². The smallest absolute Gasteiger partial charge is 0.485 e. The molecule has 0 heterocycles. The van der Waals surface area contributed by atoms with Crippen molar-refractivity contribution in [1.82, 2.24) is 0 Å². The van der Waals surface area contributed by atoms with Gasteiger partial charge in [0, 0.05) is 23.5 Å². The Kier molecular flexibility index (Phi) is 21.3. The molecular weight excluding hydrogens is 859 g/mol. The second-order valence-corrected chi connectivity index (χ2v) is 17.9. The molecule has 10 nitrogen and oxygen atoms in total. The summed E-state index contributed by atoms with van der Waals surface area (Å²) in [6, 6.07) is 33.1. The molecule has 0 bridgehead atoms. The third kappa shape index (κ3) is 22.4. The van der Waals surface area contributed by atoms with E-state index in [1.807, 2.05) is 104 Å². The molecule has 0 spiro atoms. The zero-order valence-corrected chi connectivity index (χ0v) is 36.0. The number of benzene rings is 4. The average Bonchev–Trinajstić information content (AvgIpc) is 3.06. The third-order valence-corrected chi connectivity index (χ3v) is 9.28. The first-order valence-corrected chi connectivity index (χ1v) is 21.7. The molecule has 58 heavy (non-hydrogen) atoms. The molecule has 0 N–H and O–H groups in total. The van der Waals surface area contributed by atoms with E-state index < -0.39 is 31.3 Å². The number of hydrogen-bond acceptors (Lipinski definition) is 10. The molecule has 0 radical (unpaired) electrons. The lowest BCUT2D eigenvalue weighted by atomic mass is 10.3. The monoisotopic (exact) mass is 904 g/mol. The van der Waals surface area contributed by atoms with Gasteiger partial charge in [-0.2, -0.15) is 26.3 Å². The standard InChI is InChI=1S/2C18H22O2S.2CHF3O3S/c2*1-13(2)19-15-5-9-17(10-6-15)21-18-11-7-16(8-12-18)20-14(3)4;2*2-1(3,4)8(5,6)7/h2*5-14H,1-4H3;2*(H,5,6,7). The normalized spacial score (nSPS) is 11.8. The minimum absolute atomic E-state index is 0.210. The second kappa shape index (κ2) is 23.7. The molecule has 4 aromatic rings. The van der Waals surface area contributed by atoms with Crippen LogP contribution in [0.25, 0.3) is 0 Å². The lowest BCUT2D eigenvalue weighted by Gasteiger charge is -2.09. The van der Waals surface area contributed by atoms with Crippen molar-refractivity contribution in [2.24, 2.45) is 0 Å². The highest BCUT2D eigenvalue weighted by Gasteiger charge is 2.37. The lowest BCUT2D eigenvalue weighted by molar-refractivity contribution is -0.0522. The molecule has 0 aliphatic carbocycles. The van der Waals surface area contributed by atoms with Gasteiger partial charge < -0.3 is 28.1 Å². The van der Waals surface area contributed by atoms with Crippen LogP contribution in [0.15, 0.2) is 117 Å². The summed E-state index contributed by atoms with van der Waals surface area (Å²) < 4.78 is 140. The van der Waals surface area contributed by atoms with Crippen molar-refractivity contribution in [1.29, 1.82) is 0 Å².